The first-order chi connectivity index (χ1) is 12.5. The first-order valence-corrected chi connectivity index (χ1v) is 9.69. The highest BCUT2D eigenvalue weighted by Crippen LogP contribution is 2.32. The molecule has 0 bridgehead atoms. The second-order valence-corrected chi connectivity index (χ2v) is 8.24. The number of nitrogens with zero attached hydrogens (tertiary/aromatic N) is 3. The predicted molar refractivity (Wildman–Crippen MR) is 105 cm³/mol. The third-order valence-corrected chi connectivity index (χ3v) is 5.37. The zero-order valence-corrected chi connectivity index (χ0v) is 16.2. The molecule has 1 saturated carbocycles. The minimum atomic E-state index is -0.541. The lowest BCUT2D eigenvalue weighted by Gasteiger charge is -2.26. The van der Waals surface area contributed by atoms with Gasteiger partial charge in [0.05, 0.1) is 0 Å². The van der Waals surface area contributed by atoms with Crippen molar-refractivity contribution in [3.05, 3.63) is 53.6 Å². The molecule has 26 heavy (non-hydrogen) atoms. The van der Waals surface area contributed by atoms with Gasteiger partial charge in [0.2, 0.25) is 0 Å². The number of benzene rings is 1. The molecule has 1 aromatic carbocycles. The molecule has 0 spiro atoms. The fourth-order valence-corrected chi connectivity index (χ4v) is 3.78. The van der Waals surface area contributed by atoms with Crippen molar-refractivity contribution in [2.45, 2.75) is 52.4 Å². The van der Waals surface area contributed by atoms with E-state index in [1.807, 2.05) is 38.1 Å². The standard InChI is InChI=1S/C21H26ClN3O/c1-21(2,13-17-8-10-18(22)11-9-17)20(26)19(25-15-23-14-24-25)12-16-6-4-3-5-7-16/h8-12,14-16H,3-7,13H2,1-2H3. The van der Waals surface area contributed by atoms with Gasteiger partial charge < -0.3 is 0 Å². The Labute approximate surface area is 160 Å². The summed E-state index contributed by atoms with van der Waals surface area (Å²) in [5.41, 5.74) is 1.21. The summed E-state index contributed by atoms with van der Waals surface area (Å²) in [6.45, 7) is 3.99. The van der Waals surface area contributed by atoms with Crippen LogP contribution in [-0.4, -0.2) is 20.5 Å². The van der Waals surface area contributed by atoms with Crippen LogP contribution in [0.2, 0.25) is 5.02 Å². The molecule has 1 aromatic heterocycles. The molecular weight excluding hydrogens is 346 g/mol. The molecule has 1 fully saturated rings. The molecule has 0 N–H and O–H groups in total. The summed E-state index contributed by atoms with van der Waals surface area (Å²) in [4.78, 5) is 17.5. The van der Waals surface area contributed by atoms with Crippen LogP contribution in [0.4, 0.5) is 0 Å². The van der Waals surface area contributed by atoms with Crippen molar-refractivity contribution in [1.29, 1.82) is 0 Å². The van der Waals surface area contributed by atoms with E-state index < -0.39 is 5.41 Å². The van der Waals surface area contributed by atoms with Gasteiger partial charge in [-0.25, -0.2) is 9.67 Å². The molecule has 3 rings (SSSR count). The molecule has 0 unspecified atom stereocenters. The third kappa shape index (κ3) is 4.61. The summed E-state index contributed by atoms with van der Waals surface area (Å²) in [5, 5.41) is 4.94. The number of ketones is 1. The molecule has 0 amide bonds. The number of halogens is 1. The highest BCUT2D eigenvalue weighted by Gasteiger charge is 2.32. The van der Waals surface area contributed by atoms with Crippen LogP contribution < -0.4 is 0 Å². The van der Waals surface area contributed by atoms with Crippen molar-refractivity contribution >= 4 is 23.1 Å². The molecule has 0 radical (unpaired) electrons. The van der Waals surface area contributed by atoms with Crippen LogP contribution >= 0.6 is 11.6 Å². The van der Waals surface area contributed by atoms with Crippen molar-refractivity contribution in [2.24, 2.45) is 11.3 Å². The number of hydrogen-bond donors (Lipinski definition) is 0. The Morgan fingerprint density at radius 1 is 1.23 bits per heavy atom. The van der Waals surface area contributed by atoms with E-state index in [0.29, 0.717) is 23.1 Å². The number of allylic oxidation sites excluding steroid dienone is 2. The molecule has 4 nitrogen and oxygen atoms in total. The Kier molecular flexibility index (Phi) is 5.92. The fourth-order valence-electron chi connectivity index (χ4n) is 3.65. The van der Waals surface area contributed by atoms with E-state index in [4.69, 9.17) is 11.6 Å². The van der Waals surface area contributed by atoms with Crippen LogP contribution in [0.15, 0.2) is 43.0 Å². The lowest BCUT2D eigenvalue weighted by Crippen LogP contribution is -2.30. The maximum atomic E-state index is 13.4. The minimum Gasteiger partial charge on any atom is -0.292 e. The lowest BCUT2D eigenvalue weighted by molar-refractivity contribution is -0.121. The molecule has 0 saturated heterocycles. The van der Waals surface area contributed by atoms with Gasteiger partial charge in [0.15, 0.2) is 5.78 Å². The monoisotopic (exact) mass is 371 g/mol. The average Bonchev–Trinajstić information content (AvgIpc) is 3.16. The first kappa shape index (κ1) is 18.8. The van der Waals surface area contributed by atoms with Crippen LogP contribution in [0.3, 0.4) is 0 Å². The summed E-state index contributed by atoms with van der Waals surface area (Å²) < 4.78 is 1.63. The molecule has 2 aromatic rings. The fraction of sp³-hybridized carbons (Fsp3) is 0.476. The SMILES string of the molecule is CC(C)(Cc1ccc(Cl)cc1)C(=O)C(=CC1CCCCC1)n1cncn1. The molecule has 1 aliphatic rings. The van der Waals surface area contributed by atoms with E-state index in [1.54, 1.807) is 11.0 Å². The van der Waals surface area contributed by atoms with Gasteiger partial charge in [0.1, 0.15) is 18.4 Å². The van der Waals surface area contributed by atoms with E-state index in [1.165, 1.54) is 25.6 Å². The topological polar surface area (TPSA) is 47.8 Å². The Hall–Kier alpha value is -1.94. The van der Waals surface area contributed by atoms with Gasteiger partial charge in [0.25, 0.3) is 0 Å². The maximum Gasteiger partial charge on any atom is 0.186 e. The zero-order valence-electron chi connectivity index (χ0n) is 15.5. The summed E-state index contributed by atoms with van der Waals surface area (Å²) in [5.74, 6) is 0.543. The van der Waals surface area contributed by atoms with Crippen molar-refractivity contribution < 1.29 is 4.79 Å². The van der Waals surface area contributed by atoms with Crippen LogP contribution in [-0.2, 0) is 11.2 Å². The molecule has 1 heterocycles. The Balaban J connectivity index is 1.85. The minimum absolute atomic E-state index is 0.100. The van der Waals surface area contributed by atoms with Gasteiger partial charge >= 0.3 is 0 Å². The molecule has 1 aliphatic carbocycles. The number of carbonyl (C=O) groups is 1. The molecule has 5 heteroatoms. The first-order valence-electron chi connectivity index (χ1n) is 9.32. The van der Waals surface area contributed by atoms with Crippen LogP contribution in [0.25, 0.3) is 5.70 Å². The largest absolute Gasteiger partial charge is 0.292 e. The quantitative estimate of drug-likeness (QED) is 0.656. The molecular formula is C21H26ClN3O. The number of hydrogen-bond acceptors (Lipinski definition) is 3. The normalized spacial score (nSPS) is 16.7. The summed E-state index contributed by atoms with van der Waals surface area (Å²) >= 11 is 5.98. The molecule has 0 atom stereocenters. The van der Waals surface area contributed by atoms with Crippen molar-refractivity contribution in [2.75, 3.05) is 0 Å². The van der Waals surface area contributed by atoms with Gasteiger partial charge in [-0.05, 0) is 42.9 Å². The van der Waals surface area contributed by atoms with E-state index in [9.17, 15) is 4.79 Å². The second-order valence-electron chi connectivity index (χ2n) is 7.81. The maximum absolute atomic E-state index is 13.4. The summed E-state index contributed by atoms with van der Waals surface area (Å²) in [7, 11) is 0. The number of Topliss-reactive ketones (excluding diaryl/α,β-unsaturated/α-hetero) is 1. The molecule has 0 aliphatic heterocycles. The van der Waals surface area contributed by atoms with E-state index in [-0.39, 0.29) is 5.78 Å². The molecule has 138 valence electrons. The van der Waals surface area contributed by atoms with Gasteiger partial charge in [-0.3, -0.25) is 4.79 Å². The van der Waals surface area contributed by atoms with Crippen molar-refractivity contribution in [3.8, 4) is 0 Å². The van der Waals surface area contributed by atoms with Gasteiger partial charge in [-0.1, -0.05) is 62.9 Å². The van der Waals surface area contributed by atoms with E-state index in [0.717, 1.165) is 18.4 Å². The summed E-state index contributed by atoms with van der Waals surface area (Å²) in [6, 6.07) is 7.70. The average molecular weight is 372 g/mol. The second kappa shape index (κ2) is 8.17. The van der Waals surface area contributed by atoms with E-state index >= 15 is 0 Å². The van der Waals surface area contributed by atoms with E-state index in [2.05, 4.69) is 16.2 Å². The Morgan fingerprint density at radius 3 is 2.54 bits per heavy atom. The lowest BCUT2D eigenvalue weighted by atomic mass is 9.79. The highest BCUT2D eigenvalue weighted by atomic mass is 35.5. The number of aromatic nitrogens is 3. The highest BCUT2D eigenvalue weighted by molar-refractivity contribution is 6.30. The third-order valence-electron chi connectivity index (χ3n) is 5.12. The van der Waals surface area contributed by atoms with Gasteiger partial charge in [0, 0.05) is 10.4 Å². The smallest absolute Gasteiger partial charge is 0.186 e. The van der Waals surface area contributed by atoms with Crippen LogP contribution in [0, 0.1) is 11.3 Å². The number of rotatable bonds is 6. The van der Waals surface area contributed by atoms with Crippen molar-refractivity contribution in [1.82, 2.24) is 14.8 Å². The van der Waals surface area contributed by atoms with Crippen LogP contribution in [0.1, 0.15) is 51.5 Å². The predicted octanol–water partition coefficient (Wildman–Crippen LogP) is 5.19. The van der Waals surface area contributed by atoms with Crippen LogP contribution in [0.5, 0.6) is 0 Å². The van der Waals surface area contributed by atoms with Crippen molar-refractivity contribution in [3.63, 3.8) is 0 Å². The van der Waals surface area contributed by atoms with Gasteiger partial charge in [-0.15, -0.1) is 0 Å². The Morgan fingerprint density at radius 2 is 1.92 bits per heavy atom. The Bertz CT molecular complexity index is 757. The summed E-state index contributed by atoms with van der Waals surface area (Å²) in [6.07, 6.45) is 11.9. The zero-order chi connectivity index (χ0) is 18.6. The number of carbonyl (C=O) groups excluding carboxylic acids is 1. The van der Waals surface area contributed by atoms with Gasteiger partial charge in [-0.2, -0.15) is 5.10 Å².